The normalized spacial score (nSPS) is 15.5. The number of hydrogen-bond acceptors (Lipinski definition) is 5. The molecule has 0 atom stereocenters. The number of carbonyl (C=O) groups is 1. The van der Waals surface area contributed by atoms with E-state index in [0.717, 1.165) is 25.9 Å². The smallest absolute Gasteiger partial charge is 0.276 e. The molecule has 1 fully saturated rings. The molecule has 2 rings (SSSR count). The van der Waals surface area contributed by atoms with E-state index in [1.807, 2.05) is 4.68 Å². The van der Waals surface area contributed by atoms with E-state index >= 15 is 0 Å². The van der Waals surface area contributed by atoms with Crippen LogP contribution >= 0.6 is 12.4 Å². The third-order valence-electron chi connectivity index (χ3n) is 3.85. The first-order valence-corrected chi connectivity index (χ1v) is 8.02. The van der Waals surface area contributed by atoms with Crippen LogP contribution in [-0.2, 0) is 4.74 Å². The van der Waals surface area contributed by atoms with Crippen LogP contribution in [0.15, 0.2) is 6.20 Å². The van der Waals surface area contributed by atoms with Gasteiger partial charge in [0.2, 0.25) is 0 Å². The van der Waals surface area contributed by atoms with Crippen molar-refractivity contribution >= 4 is 18.3 Å². The van der Waals surface area contributed by atoms with Gasteiger partial charge in [-0.05, 0) is 31.8 Å². The van der Waals surface area contributed by atoms with Crippen molar-refractivity contribution < 1.29 is 9.53 Å². The second kappa shape index (κ2) is 9.85. The van der Waals surface area contributed by atoms with Gasteiger partial charge in [-0.25, -0.2) is 4.68 Å². The second-order valence-corrected chi connectivity index (χ2v) is 6.20. The topological polar surface area (TPSA) is 72.3 Å². The zero-order chi connectivity index (χ0) is 15.9. The van der Waals surface area contributed by atoms with Gasteiger partial charge in [-0.3, -0.25) is 4.79 Å². The van der Waals surface area contributed by atoms with Gasteiger partial charge in [-0.2, -0.15) is 0 Å². The maximum atomic E-state index is 12.6. The summed E-state index contributed by atoms with van der Waals surface area (Å²) in [5.41, 5.74) is 0.426. The molecule has 1 saturated heterocycles. The summed E-state index contributed by atoms with van der Waals surface area (Å²) < 4.78 is 6.94. The first-order valence-electron chi connectivity index (χ1n) is 8.02. The average Bonchev–Trinajstić information content (AvgIpc) is 3.01. The summed E-state index contributed by atoms with van der Waals surface area (Å²) in [6.45, 7) is 7.97. The van der Waals surface area contributed by atoms with E-state index in [1.54, 1.807) is 18.2 Å². The molecule has 2 heterocycles. The predicted octanol–water partition coefficient (Wildman–Crippen LogP) is 1.37. The highest BCUT2D eigenvalue weighted by molar-refractivity contribution is 5.91. The Bertz CT molecular complexity index is 474. The Balaban J connectivity index is 0.00000264. The van der Waals surface area contributed by atoms with Gasteiger partial charge >= 0.3 is 0 Å². The highest BCUT2D eigenvalue weighted by atomic mass is 35.5. The van der Waals surface area contributed by atoms with Crippen LogP contribution in [0.25, 0.3) is 0 Å². The second-order valence-electron chi connectivity index (χ2n) is 6.20. The summed E-state index contributed by atoms with van der Waals surface area (Å²) in [4.78, 5) is 14.4. The average molecular weight is 346 g/mol. The molecule has 8 heteroatoms. The molecule has 1 aliphatic heterocycles. The summed E-state index contributed by atoms with van der Waals surface area (Å²) in [5.74, 6) is 0.339. The Morgan fingerprint density at radius 1 is 1.48 bits per heavy atom. The Morgan fingerprint density at radius 3 is 2.78 bits per heavy atom. The molecule has 0 bridgehead atoms. The van der Waals surface area contributed by atoms with Crippen LogP contribution in [0.4, 0.5) is 0 Å². The SMILES string of the molecule is COCCN(CC(C)C)C(=O)c1cn(C2CCNCC2)nn1.Cl. The highest BCUT2D eigenvalue weighted by Gasteiger charge is 2.22. The third-order valence-corrected chi connectivity index (χ3v) is 3.85. The Kier molecular flexibility index (Phi) is 8.51. The van der Waals surface area contributed by atoms with Crippen molar-refractivity contribution in [2.75, 3.05) is 39.9 Å². The molecule has 0 aliphatic carbocycles. The van der Waals surface area contributed by atoms with Crippen LogP contribution in [0.2, 0.25) is 0 Å². The number of halogens is 1. The van der Waals surface area contributed by atoms with Gasteiger partial charge in [-0.1, -0.05) is 19.1 Å². The lowest BCUT2D eigenvalue weighted by Crippen LogP contribution is -2.37. The number of piperidine rings is 1. The first-order chi connectivity index (χ1) is 10.6. The van der Waals surface area contributed by atoms with Gasteiger partial charge in [0.15, 0.2) is 5.69 Å². The molecule has 1 aliphatic rings. The standard InChI is InChI=1S/C15H27N5O2.ClH/c1-12(2)10-19(8-9-22-3)15(21)14-11-20(18-17-14)13-4-6-16-7-5-13;/h11-13,16H,4-10H2,1-3H3;1H. The van der Waals surface area contributed by atoms with Crippen LogP contribution < -0.4 is 5.32 Å². The zero-order valence-corrected chi connectivity index (χ0v) is 15.0. The molecule has 0 aromatic carbocycles. The van der Waals surface area contributed by atoms with E-state index < -0.39 is 0 Å². The molecule has 23 heavy (non-hydrogen) atoms. The summed E-state index contributed by atoms with van der Waals surface area (Å²) >= 11 is 0. The minimum atomic E-state index is -0.0639. The molecule has 1 aromatic heterocycles. The van der Waals surface area contributed by atoms with Crippen molar-refractivity contribution in [2.24, 2.45) is 5.92 Å². The Hall–Kier alpha value is -1.18. The lowest BCUT2D eigenvalue weighted by atomic mass is 10.1. The maximum absolute atomic E-state index is 12.6. The van der Waals surface area contributed by atoms with Crippen LogP contribution in [0, 0.1) is 5.92 Å². The van der Waals surface area contributed by atoms with Crippen LogP contribution in [0.1, 0.15) is 43.2 Å². The molecule has 1 N–H and O–H groups in total. The minimum Gasteiger partial charge on any atom is -0.383 e. The number of rotatable bonds is 7. The van der Waals surface area contributed by atoms with Crippen LogP contribution in [-0.4, -0.2) is 65.7 Å². The number of nitrogens with one attached hydrogen (secondary N) is 1. The third kappa shape index (κ3) is 5.75. The summed E-state index contributed by atoms with van der Waals surface area (Å²) in [6.07, 6.45) is 3.84. The summed E-state index contributed by atoms with van der Waals surface area (Å²) in [6, 6.07) is 0.341. The number of ether oxygens (including phenoxy) is 1. The van der Waals surface area contributed by atoms with Crippen LogP contribution in [0.5, 0.6) is 0 Å². The lowest BCUT2D eigenvalue weighted by molar-refractivity contribution is 0.0666. The molecule has 1 aromatic rings. The van der Waals surface area contributed by atoms with Crippen molar-refractivity contribution in [3.63, 3.8) is 0 Å². The van der Waals surface area contributed by atoms with E-state index in [2.05, 4.69) is 29.5 Å². The first kappa shape index (κ1) is 19.9. The molecule has 0 radical (unpaired) electrons. The van der Waals surface area contributed by atoms with E-state index in [4.69, 9.17) is 4.74 Å². The van der Waals surface area contributed by atoms with E-state index in [0.29, 0.717) is 37.4 Å². The van der Waals surface area contributed by atoms with E-state index in [1.165, 1.54) is 0 Å². The van der Waals surface area contributed by atoms with Gasteiger partial charge in [0.25, 0.3) is 5.91 Å². The van der Waals surface area contributed by atoms with Crippen molar-refractivity contribution in [2.45, 2.75) is 32.7 Å². The van der Waals surface area contributed by atoms with Gasteiger partial charge in [0.1, 0.15) is 0 Å². The quantitative estimate of drug-likeness (QED) is 0.808. The Morgan fingerprint density at radius 2 is 2.17 bits per heavy atom. The van der Waals surface area contributed by atoms with E-state index in [9.17, 15) is 4.79 Å². The number of nitrogens with zero attached hydrogens (tertiary/aromatic N) is 4. The fraction of sp³-hybridized carbons (Fsp3) is 0.800. The molecular formula is C15H28ClN5O2. The molecule has 1 amide bonds. The summed E-state index contributed by atoms with van der Waals surface area (Å²) in [7, 11) is 1.64. The molecule has 0 spiro atoms. The number of methoxy groups -OCH3 is 1. The molecule has 0 unspecified atom stereocenters. The van der Waals surface area contributed by atoms with Crippen molar-refractivity contribution in [1.29, 1.82) is 0 Å². The molecule has 0 saturated carbocycles. The fourth-order valence-corrected chi connectivity index (χ4v) is 2.70. The summed E-state index contributed by atoms with van der Waals surface area (Å²) in [5, 5.41) is 11.6. The van der Waals surface area contributed by atoms with Gasteiger partial charge in [0, 0.05) is 20.2 Å². The highest BCUT2D eigenvalue weighted by Crippen LogP contribution is 2.17. The number of amides is 1. The van der Waals surface area contributed by atoms with E-state index in [-0.39, 0.29) is 18.3 Å². The molecule has 7 nitrogen and oxygen atoms in total. The van der Waals surface area contributed by atoms with Gasteiger partial charge in [0.05, 0.1) is 18.8 Å². The van der Waals surface area contributed by atoms with Crippen molar-refractivity contribution in [3.8, 4) is 0 Å². The van der Waals surface area contributed by atoms with Gasteiger partial charge in [-0.15, -0.1) is 17.5 Å². The fourth-order valence-electron chi connectivity index (χ4n) is 2.70. The zero-order valence-electron chi connectivity index (χ0n) is 14.2. The lowest BCUT2D eigenvalue weighted by Gasteiger charge is -2.23. The monoisotopic (exact) mass is 345 g/mol. The number of hydrogen-bond donors (Lipinski definition) is 1. The minimum absolute atomic E-state index is 0. The number of carbonyl (C=O) groups excluding carboxylic acids is 1. The van der Waals surface area contributed by atoms with Crippen molar-refractivity contribution in [1.82, 2.24) is 25.2 Å². The number of aromatic nitrogens is 3. The predicted molar refractivity (Wildman–Crippen MR) is 91.0 cm³/mol. The largest absolute Gasteiger partial charge is 0.383 e. The molecular weight excluding hydrogens is 318 g/mol. The van der Waals surface area contributed by atoms with Crippen molar-refractivity contribution in [3.05, 3.63) is 11.9 Å². The maximum Gasteiger partial charge on any atom is 0.276 e. The Labute approximate surface area is 144 Å². The van der Waals surface area contributed by atoms with Gasteiger partial charge < -0.3 is 15.0 Å². The molecule has 132 valence electrons. The van der Waals surface area contributed by atoms with Crippen LogP contribution in [0.3, 0.4) is 0 Å².